The molecule has 1 fully saturated rings. The Balaban J connectivity index is 2.55. The Kier molecular flexibility index (Phi) is 2.98. The molecule has 1 aliphatic rings. The lowest BCUT2D eigenvalue weighted by Gasteiger charge is -2.37. The van der Waals surface area contributed by atoms with Crippen LogP contribution >= 0.6 is 15.9 Å². The minimum absolute atomic E-state index is 0.00537. The van der Waals surface area contributed by atoms with Crippen LogP contribution in [0.2, 0.25) is 0 Å². The van der Waals surface area contributed by atoms with Crippen molar-refractivity contribution in [3.63, 3.8) is 0 Å². The van der Waals surface area contributed by atoms with Crippen LogP contribution in [0.25, 0.3) is 0 Å². The summed E-state index contributed by atoms with van der Waals surface area (Å²) < 4.78 is 0. The van der Waals surface area contributed by atoms with E-state index in [0.29, 0.717) is 10.7 Å². The maximum absolute atomic E-state index is 6.07. The first-order valence-corrected chi connectivity index (χ1v) is 5.36. The van der Waals surface area contributed by atoms with Crippen LogP contribution in [-0.4, -0.2) is 10.4 Å². The molecule has 1 rings (SSSR count). The molecule has 2 N–H and O–H groups in total. The van der Waals surface area contributed by atoms with Gasteiger partial charge in [-0.2, -0.15) is 0 Å². The minimum Gasteiger partial charge on any atom is -0.325 e. The zero-order valence-electron chi connectivity index (χ0n) is 7.44. The van der Waals surface area contributed by atoms with E-state index in [1.54, 1.807) is 0 Å². The number of hydrogen-bond donors (Lipinski definition) is 1. The number of hydrogen-bond acceptors (Lipinski definition) is 1. The first-order valence-electron chi connectivity index (χ1n) is 4.45. The zero-order chi connectivity index (χ0) is 8.48. The first kappa shape index (κ1) is 9.53. The first-order chi connectivity index (χ1) is 5.02. The molecule has 1 aliphatic carbocycles. The van der Waals surface area contributed by atoms with E-state index >= 15 is 0 Å². The highest BCUT2D eigenvalue weighted by Crippen LogP contribution is 2.35. The van der Waals surface area contributed by atoms with Gasteiger partial charge in [0.1, 0.15) is 0 Å². The lowest BCUT2D eigenvalue weighted by Crippen LogP contribution is -2.46. The van der Waals surface area contributed by atoms with Crippen molar-refractivity contribution < 1.29 is 0 Å². The Morgan fingerprint density at radius 3 is 2.18 bits per heavy atom. The SMILES string of the molecule is CC(C)(N)C1CCCCC1Br. The molecule has 1 nitrogen and oxygen atoms in total. The molecule has 1 saturated carbocycles. The van der Waals surface area contributed by atoms with Gasteiger partial charge in [0.2, 0.25) is 0 Å². The topological polar surface area (TPSA) is 26.0 Å². The van der Waals surface area contributed by atoms with Crippen LogP contribution in [0, 0.1) is 5.92 Å². The largest absolute Gasteiger partial charge is 0.325 e. The van der Waals surface area contributed by atoms with Gasteiger partial charge in [0.15, 0.2) is 0 Å². The fourth-order valence-electron chi connectivity index (χ4n) is 1.92. The predicted molar refractivity (Wildman–Crippen MR) is 52.9 cm³/mol. The van der Waals surface area contributed by atoms with E-state index in [1.807, 2.05) is 0 Å². The minimum atomic E-state index is -0.00537. The second-order valence-electron chi connectivity index (χ2n) is 4.23. The Morgan fingerprint density at radius 2 is 1.82 bits per heavy atom. The quantitative estimate of drug-likeness (QED) is 0.675. The molecule has 0 heterocycles. The van der Waals surface area contributed by atoms with Crippen LogP contribution in [0.1, 0.15) is 39.5 Å². The molecule has 66 valence electrons. The Labute approximate surface area is 77.9 Å². The summed E-state index contributed by atoms with van der Waals surface area (Å²) in [5, 5.41) is 0. The van der Waals surface area contributed by atoms with Crippen molar-refractivity contribution in [1.82, 2.24) is 0 Å². The van der Waals surface area contributed by atoms with E-state index in [2.05, 4.69) is 29.8 Å². The third-order valence-corrected chi connectivity index (χ3v) is 3.73. The molecule has 0 aromatic carbocycles. The highest BCUT2D eigenvalue weighted by molar-refractivity contribution is 9.09. The third-order valence-electron chi connectivity index (χ3n) is 2.64. The maximum Gasteiger partial charge on any atom is 0.0191 e. The van der Waals surface area contributed by atoms with Gasteiger partial charge >= 0.3 is 0 Å². The fourth-order valence-corrected chi connectivity index (χ4v) is 3.19. The molecule has 0 amide bonds. The molecule has 2 unspecified atom stereocenters. The molecule has 0 radical (unpaired) electrons. The summed E-state index contributed by atoms with van der Waals surface area (Å²) >= 11 is 3.71. The summed E-state index contributed by atoms with van der Waals surface area (Å²) in [6, 6.07) is 0. The van der Waals surface area contributed by atoms with Crippen LogP contribution < -0.4 is 5.73 Å². The van der Waals surface area contributed by atoms with Crippen molar-refractivity contribution in [3.05, 3.63) is 0 Å². The smallest absolute Gasteiger partial charge is 0.0191 e. The number of rotatable bonds is 1. The van der Waals surface area contributed by atoms with Gasteiger partial charge in [-0.25, -0.2) is 0 Å². The molecule has 2 atom stereocenters. The number of halogens is 1. The standard InChI is InChI=1S/C9H18BrN/c1-9(2,11)7-5-3-4-6-8(7)10/h7-8H,3-6,11H2,1-2H3. The molecule has 0 saturated heterocycles. The molecule has 0 aliphatic heterocycles. The normalized spacial score (nSPS) is 33.8. The highest BCUT2D eigenvalue weighted by Gasteiger charge is 2.32. The summed E-state index contributed by atoms with van der Waals surface area (Å²) in [6.45, 7) is 4.27. The lowest BCUT2D eigenvalue weighted by atomic mass is 9.77. The molecule has 11 heavy (non-hydrogen) atoms. The van der Waals surface area contributed by atoms with E-state index in [-0.39, 0.29) is 5.54 Å². The zero-order valence-corrected chi connectivity index (χ0v) is 9.02. The highest BCUT2D eigenvalue weighted by atomic mass is 79.9. The van der Waals surface area contributed by atoms with Gasteiger partial charge in [-0.15, -0.1) is 0 Å². The summed E-state index contributed by atoms with van der Waals surface area (Å²) in [5.41, 5.74) is 6.07. The van der Waals surface area contributed by atoms with Crippen molar-refractivity contribution in [1.29, 1.82) is 0 Å². The van der Waals surface area contributed by atoms with E-state index in [9.17, 15) is 0 Å². The Bertz CT molecular complexity index is 128. The van der Waals surface area contributed by atoms with Crippen molar-refractivity contribution in [3.8, 4) is 0 Å². The molecular formula is C9H18BrN. The van der Waals surface area contributed by atoms with E-state index < -0.39 is 0 Å². The van der Waals surface area contributed by atoms with Gasteiger partial charge in [-0.05, 0) is 32.6 Å². The van der Waals surface area contributed by atoms with Crippen molar-refractivity contribution in [2.45, 2.75) is 49.9 Å². The van der Waals surface area contributed by atoms with Crippen LogP contribution in [0.4, 0.5) is 0 Å². The van der Waals surface area contributed by atoms with Gasteiger partial charge in [-0.1, -0.05) is 28.8 Å². The molecule has 0 aromatic heterocycles. The van der Waals surface area contributed by atoms with Crippen molar-refractivity contribution >= 4 is 15.9 Å². The van der Waals surface area contributed by atoms with E-state index in [0.717, 1.165) is 0 Å². The Hall–Kier alpha value is 0.440. The second-order valence-corrected chi connectivity index (χ2v) is 5.40. The summed E-state index contributed by atoms with van der Waals surface area (Å²) in [7, 11) is 0. The molecular weight excluding hydrogens is 202 g/mol. The van der Waals surface area contributed by atoms with Crippen molar-refractivity contribution in [2.24, 2.45) is 11.7 Å². The maximum atomic E-state index is 6.07. The van der Waals surface area contributed by atoms with Gasteiger partial charge in [-0.3, -0.25) is 0 Å². The lowest BCUT2D eigenvalue weighted by molar-refractivity contribution is 0.252. The van der Waals surface area contributed by atoms with Crippen LogP contribution in [-0.2, 0) is 0 Å². The number of alkyl halides is 1. The Morgan fingerprint density at radius 1 is 1.27 bits per heavy atom. The monoisotopic (exact) mass is 219 g/mol. The average molecular weight is 220 g/mol. The number of nitrogens with two attached hydrogens (primary N) is 1. The average Bonchev–Trinajstić information content (AvgIpc) is 1.86. The van der Waals surface area contributed by atoms with Crippen LogP contribution in [0.15, 0.2) is 0 Å². The summed E-state index contributed by atoms with van der Waals surface area (Å²) in [4.78, 5) is 0.649. The van der Waals surface area contributed by atoms with Gasteiger partial charge < -0.3 is 5.73 Å². The molecule has 0 spiro atoms. The molecule has 0 bridgehead atoms. The van der Waals surface area contributed by atoms with Gasteiger partial charge in [0.25, 0.3) is 0 Å². The third kappa shape index (κ3) is 2.45. The predicted octanol–water partition coefficient (Wildman–Crippen LogP) is 2.68. The van der Waals surface area contributed by atoms with E-state index in [1.165, 1.54) is 25.7 Å². The molecule has 0 aromatic rings. The fraction of sp³-hybridized carbons (Fsp3) is 1.00. The molecule has 2 heteroatoms. The van der Waals surface area contributed by atoms with Crippen LogP contribution in [0.5, 0.6) is 0 Å². The van der Waals surface area contributed by atoms with Gasteiger partial charge in [0, 0.05) is 10.4 Å². The second kappa shape index (κ2) is 3.44. The van der Waals surface area contributed by atoms with Crippen molar-refractivity contribution in [2.75, 3.05) is 0 Å². The van der Waals surface area contributed by atoms with Gasteiger partial charge in [0.05, 0.1) is 0 Å². The van der Waals surface area contributed by atoms with E-state index in [4.69, 9.17) is 5.73 Å². The summed E-state index contributed by atoms with van der Waals surface area (Å²) in [5.74, 6) is 0.663. The van der Waals surface area contributed by atoms with Crippen LogP contribution in [0.3, 0.4) is 0 Å². The summed E-state index contributed by atoms with van der Waals surface area (Å²) in [6.07, 6.45) is 5.31.